The number of ketones is 1. The van der Waals surface area contributed by atoms with E-state index in [9.17, 15) is 9.59 Å². The fourth-order valence-corrected chi connectivity index (χ4v) is 2.90. The third kappa shape index (κ3) is 3.74. The Morgan fingerprint density at radius 1 is 1.17 bits per heavy atom. The molecule has 0 saturated heterocycles. The molecule has 128 valence electrons. The van der Waals surface area contributed by atoms with Crippen LogP contribution < -0.4 is 0 Å². The second-order valence-electron chi connectivity index (χ2n) is 6.14. The Kier molecular flexibility index (Phi) is 5.57. The zero-order valence-corrected chi connectivity index (χ0v) is 14.9. The highest BCUT2D eigenvalue weighted by atomic mass is 16.5. The standard InChI is InChI=1S/C19H24N2O3/c1-12-8-6-7-9-15(12)10-21(4)11-16(22)18-13(2)17(14(3)20-18)19(23)24-5/h6-9,20H,10-11H2,1-5H3. The number of aromatic nitrogens is 1. The number of hydrogen-bond acceptors (Lipinski definition) is 4. The molecule has 0 fully saturated rings. The molecule has 0 saturated carbocycles. The number of hydrogen-bond donors (Lipinski definition) is 1. The highest BCUT2D eigenvalue weighted by molar-refractivity contribution is 6.02. The van der Waals surface area contributed by atoms with E-state index in [1.807, 2.05) is 24.1 Å². The number of nitrogens with zero attached hydrogens (tertiary/aromatic N) is 1. The van der Waals surface area contributed by atoms with E-state index in [4.69, 9.17) is 4.74 Å². The highest BCUT2D eigenvalue weighted by Gasteiger charge is 2.23. The average molecular weight is 328 g/mol. The molecule has 1 aromatic carbocycles. The number of carbonyl (C=O) groups excluding carboxylic acids is 2. The van der Waals surface area contributed by atoms with Crippen LogP contribution in [0.25, 0.3) is 0 Å². The Labute approximate surface area is 142 Å². The van der Waals surface area contributed by atoms with E-state index >= 15 is 0 Å². The summed E-state index contributed by atoms with van der Waals surface area (Å²) in [6, 6.07) is 8.13. The molecule has 0 aliphatic carbocycles. The minimum atomic E-state index is -0.423. The number of rotatable bonds is 6. The molecule has 0 amide bonds. The summed E-state index contributed by atoms with van der Waals surface area (Å²) in [6.45, 7) is 6.57. The van der Waals surface area contributed by atoms with E-state index in [1.165, 1.54) is 18.2 Å². The number of esters is 1. The lowest BCUT2D eigenvalue weighted by molar-refractivity contribution is 0.0599. The fraction of sp³-hybridized carbons (Fsp3) is 0.368. The van der Waals surface area contributed by atoms with Gasteiger partial charge in [0, 0.05) is 12.2 Å². The van der Waals surface area contributed by atoms with Gasteiger partial charge in [0.15, 0.2) is 5.78 Å². The first-order chi connectivity index (χ1) is 11.3. The Hall–Kier alpha value is -2.40. The maximum absolute atomic E-state index is 12.6. The van der Waals surface area contributed by atoms with Gasteiger partial charge in [-0.25, -0.2) is 4.79 Å². The normalized spacial score (nSPS) is 10.9. The van der Waals surface area contributed by atoms with Crippen LogP contribution in [0.1, 0.15) is 43.2 Å². The van der Waals surface area contributed by atoms with Crippen molar-refractivity contribution in [2.75, 3.05) is 20.7 Å². The van der Waals surface area contributed by atoms with Crippen LogP contribution >= 0.6 is 0 Å². The van der Waals surface area contributed by atoms with E-state index < -0.39 is 5.97 Å². The summed E-state index contributed by atoms with van der Waals surface area (Å²) in [6.07, 6.45) is 0. The Bertz CT molecular complexity index is 762. The third-order valence-corrected chi connectivity index (χ3v) is 4.22. The maximum atomic E-state index is 12.6. The molecule has 0 radical (unpaired) electrons. The maximum Gasteiger partial charge on any atom is 0.339 e. The van der Waals surface area contributed by atoms with Crippen LogP contribution in [0.2, 0.25) is 0 Å². The van der Waals surface area contributed by atoms with Gasteiger partial charge >= 0.3 is 5.97 Å². The number of aromatic amines is 1. The molecule has 0 atom stereocenters. The number of likely N-dealkylation sites (N-methyl/N-ethyl adjacent to an activating group) is 1. The zero-order valence-electron chi connectivity index (χ0n) is 14.9. The number of carbonyl (C=O) groups is 2. The lowest BCUT2D eigenvalue weighted by Crippen LogP contribution is -2.26. The molecular weight excluding hydrogens is 304 g/mol. The molecule has 24 heavy (non-hydrogen) atoms. The van der Waals surface area contributed by atoms with Gasteiger partial charge in [0.25, 0.3) is 0 Å². The van der Waals surface area contributed by atoms with Crippen molar-refractivity contribution in [3.63, 3.8) is 0 Å². The molecule has 2 rings (SSSR count). The van der Waals surface area contributed by atoms with Crippen LogP contribution in [0.4, 0.5) is 0 Å². The number of H-pyrrole nitrogens is 1. The molecule has 1 aromatic heterocycles. The molecule has 0 bridgehead atoms. The van der Waals surface area contributed by atoms with Gasteiger partial charge in [0.05, 0.1) is 24.9 Å². The second-order valence-corrected chi connectivity index (χ2v) is 6.14. The average Bonchev–Trinajstić information content (AvgIpc) is 2.83. The summed E-state index contributed by atoms with van der Waals surface area (Å²) >= 11 is 0. The van der Waals surface area contributed by atoms with Crippen LogP contribution in [0.3, 0.4) is 0 Å². The SMILES string of the molecule is COC(=O)c1c(C)[nH]c(C(=O)CN(C)Cc2ccccc2C)c1C. The number of aryl methyl sites for hydroxylation is 2. The Morgan fingerprint density at radius 3 is 2.46 bits per heavy atom. The van der Waals surface area contributed by atoms with Crippen LogP contribution in [0.5, 0.6) is 0 Å². The largest absolute Gasteiger partial charge is 0.465 e. The van der Waals surface area contributed by atoms with Gasteiger partial charge in [-0.05, 0) is 44.5 Å². The highest BCUT2D eigenvalue weighted by Crippen LogP contribution is 2.20. The number of nitrogens with one attached hydrogen (secondary N) is 1. The summed E-state index contributed by atoms with van der Waals surface area (Å²) in [5.41, 5.74) is 4.63. The first-order valence-corrected chi connectivity index (χ1v) is 7.88. The number of methoxy groups -OCH3 is 1. The first kappa shape index (κ1) is 17.9. The van der Waals surface area contributed by atoms with E-state index in [0.29, 0.717) is 29.1 Å². The van der Waals surface area contributed by atoms with E-state index in [-0.39, 0.29) is 12.3 Å². The molecule has 0 spiro atoms. The second kappa shape index (κ2) is 7.45. The van der Waals surface area contributed by atoms with Crippen molar-refractivity contribution in [2.24, 2.45) is 0 Å². The van der Waals surface area contributed by atoms with Crippen LogP contribution in [-0.4, -0.2) is 42.3 Å². The smallest absolute Gasteiger partial charge is 0.339 e. The van der Waals surface area contributed by atoms with E-state index in [0.717, 1.165) is 0 Å². The van der Waals surface area contributed by atoms with Crippen LogP contribution in [0, 0.1) is 20.8 Å². The summed E-state index contributed by atoms with van der Waals surface area (Å²) in [5.74, 6) is -0.463. The number of Topliss-reactive ketones (excluding diaryl/α,β-unsaturated/α-hetero) is 1. The lowest BCUT2D eigenvalue weighted by Gasteiger charge is -2.17. The van der Waals surface area contributed by atoms with Crippen molar-refractivity contribution >= 4 is 11.8 Å². The van der Waals surface area contributed by atoms with Gasteiger partial charge in [0.2, 0.25) is 0 Å². The van der Waals surface area contributed by atoms with E-state index in [2.05, 4.69) is 24.0 Å². The summed E-state index contributed by atoms with van der Waals surface area (Å²) < 4.78 is 4.78. The van der Waals surface area contributed by atoms with Crippen molar-refractivity contribution in [1.29, 1.82) is 0 Å². The lowest BCUT2D eigenvalue weighted by atomic mass is 10.1. The number of benzene rings is 1. The van der Waals surface area contributed by atoms with Crippen molar-refractivity contribution in [2.45, 2.75) is 27.3 Å². The Balaban J connectivity index is 2.13. The third-order valence-electron chi connectivity index (χ3n) is 4.22. The van der Waals surface area contributed by atoms with Crippen LogP contribution in [0.15, 0.2) is 24.3 Å². The van der Waals surface area contributed by atoms with Gasteiger partial charge < -0.3 is 9.72 Å². The molecule has 5 nitrogen and oxygen atoms in total. The first-order valence-electron chi connectivity index (χ1n) is 7.88. The molecule has 2 aromatic rings. The molecule has 0 aliphatic rings. The van der Waals surface area contributed by atoms with Crippen LogP contribution in [-0.2, 0) is 11.3 Å². The van der Waals surface area contributed by atoms with Gasteiger partial charge in [-0.3, -0.25) is 9.69 Å². The molecular formula is C19H24N2O3. The summed E-state index contributed by atoms with van der Waals surface area (Å²) in [5, 5.41) is 0. The molecule has 0 aliphatic heterocycles. The predicted molar refractivity (Wildman–Crippen MR) is 93.4 cm³/mol. The number of ether oxygens (including phenoxy) is 1. The zero-order chi connectivity index (χ0) is 17.9. The molecule has 1 N–H and O–H groups in total. The van der Waals surface area contributed by atoms with Crippen molar-refractivity contribution in [1.82, 2.24) is 9.88 Å². The molecule has 5 heteroatoms. The molecule has 1 heterocycles. The minimum absolute atomic E-state index is 0.0400. The monoisotopic (exact) mass is 328 g/mol. The predicted octanol–water partition coefficient (Wildman–Crippen LogP) is 3.04. The van der Waals surface area contributed by atoms with E-state index in [1.54, 1.807) is 13.8 Å². The molecule has 0 unspecified atom stereocenters. The summed E-state index contributed by atoms with van der Waals surface area (Å²) in [7, 11) is 3.25. The summed E-state index contributed by atoms with van der Waals surface area (Å²) in [4.78, 5) is 29.4. The quantitative estimate of drug-likeness (QED) is 0.654. The Morgan fingerprint density at radius 2 is 1.83 bits per heavy atom. The van der Waals surface area contributed by atoms with Gasteiger partial charge in [0.1, 0.15) is 0 Å². The van der Waals surface area contributed by atoms with Crippen molar-refractivity contribution in [3.8, 4) is 0 Å². The minimum Gasteiger partial charge on any atom is -0.465 e. The van der Waals surface area contributed by atoms with Crippen molar-refractivity contribution < 1.29 is 14.3 Å². The van der Waals surface area contributed by atoms with Gasteiger partial charge in [-0.15, -0.1) is 0 Å². The topological polar surface area (TPSA) is 62.4 Å². The van der Waals surface area contributed by atoms with Gasteiger partial charge in [-0.2, -0.15) is 0 Å². The fourth-order valence-electron chi connectivity index (χ4n) is 2.90. The van der Waals surface area contributed by atoms with Gasteiger partial charge in [-0.1, -0.05) is 24.3 Å². The van der Waals surface area contributed by atoms with Crippen molar-refractivity contribution in [3.05, 3.63) is 57.9 Å².